The minimum Gasteiger partial charge on any atom is -0.489 e. The largest absolute Gasteiger partial charge is 0.489 e. The first-order valence-corrected chi connectivity index (χ1v) is 9.72. The summed E-state index contributed by atoms with van der Waals surface area (Å²) in [4.78, 5) is 24.1. The van der Waals surface area contributed by atoms with Crippen LogP contribution in [0, 0.1) is 0 Å². The van der Waals surface area contributed by atoms with Gasteiger partial charge in [-0.2, -0.15) is 0 Å². The summed E-state index contributed by atoms with van der Waals surface area (Å²) in [6, 6.07) is 24.1. The molecule has 154 valence electrons. The second-order valence-electron chi connectivity index (χ2n) is 6.48. The number of para-hydroxylation sites is 1. The summed E-state index contributed by atoms with van der Waals surface area (Å²) in [7, 11) is 0. The van der Waals surface area contributed by atoms with Crippen LogP contribution >= 0.6 is 0 Å². The van der Waals surface area contributed by atoms with Crippen molar-refractivity contribution in [3.63, 3.8) is 0 Å². The van der Waals surface area contributed by atoms with Crippen molar-refractivity contribution >= 4 is 17.7 Å². The molecule has 0 aliphatic carbocycles. The van der Waals surface area contributed by atoms with Crippen molar-refractivity contribution in [2.24, 2.45) is 0 Å². The van der Waals surface area contributed by atoms with E-state index in [-0.39, 0.29) is 12.5 Å². The van der Waals surface area contributed by atoms with Gasteiger partial charge < -0.3 is 14.8 Å². The number of nitrogens with one attached hydrogen (secondary N) is 2. The summed E-state index contributed by atoms with van der Waals surface area (Å²) in [6.07, 6.45) is -0.553. The highest BCUT2D eigenvalue weighted by molar-refractivity contribution is 5.96. The van der Waals surface area contributed by atoms with Gasteiger partial charge in [0.1, 0.15) is 12.4 Å². The lowest BCUT2D eigenvalue weighted by Gasteiger charge is -2.12. The van der Waals surface area contributed by atoms with E-state index in [4.69, 9.17) is 9.47 Å². The molecule has 6 nitrogen and oxygen atoms in total. The molecule has 30 heavy (non-hydrogen) atoms. The van der Waals surface area contributed by atoms with Crippen molar-refractivity contribution in [2.75, 3.05) is 11.9 Å². The normalized spacial score (nSPS) is 10.2. The minimum atomic E-state index is -0.553. The summed E-state index contributed by atoms with van der Waals surface area (Å²) in [5.41, 5.74) is 2.92. The van der Waals surface area contributed by atoms with E-state index in [0.717, 1.165) is 16.9 Å². The predicted octanol–water partition coefficient (Wildman–Crippen LogP) is 4.76. The Hall–Kier alpha value is -3.80. The SMILES string of the molecule is CCOC(=O)Nc1cccc(C(=O)NCc2ccccc2COc2ccccc2)c1. The Labute approximate surface area is 175 Å². The van der Waals surface area contributed by atoms with Gasteiger partial charge in [0, 0.05) is 17.8 Å². The van der Waals surface area contributed by atoms with Gasteiger partial charge in [0.25, 0.3) is 5.91 Å². The van der Waals surface area contributed by atoms with Crippen molar-refractivity contribution in [1.82, 2.24) is 5.32 Å². The monoisotopic (exact) mass is 404 g/mol. The summed E-state index contributed by atoms with van der Waals surface area (Å²) in [5, 5.41) is 5.52. The highest BCUT2D eigenvalue weighted by Gasteiger charge is 2.10. The average Bonchev–Trinajstić information content (AvgIpc) is 2.77. The van der Waals surface area contributed by atoms with Crippen LogP contribution in [-0.4, -0.2) is 18.6 Å². The molecule has 0 unspecified atom stereocenters. The molecule has 0 heterocycles. The van der Waals surface area contributed by atoms with Crippen LogP contribution in [0.5, 0.6) is 5.75 Å². The first-order chi connectivity index (χ1) is 14.7. The van der Waals surface area contributed by atoms with Crippen LogP contribution in [0.15, 0.2) is 78.9 Å². The zero-order chi connectivity index (χ0) is 21.2. The van der Waals surface area contributed by atoms with Gasteiger partial charge >= 0.3 is 6.09 Å². The maximum atomic E-state index is 12.6. The van der Waals surface area contributed by atoms with Gasteiger partial charge in [-0.05, 0) is 48.4 Å². The van der Waals surface area contributed by atoms with Crippen molar-refractivity contribution < 1.29 is 19.1 Å². The van der Waals surface area contributed by atoms with Crippen molar-refractivity contribution in [1.29, 1.82) is 0 Å². The smallest absolute Gasteiger partial charge is 0.411 e. The Morgan fingerprint density at radius 1 is 0.867 bits per heavy atom. The molecule has 6 heteroatoms. The molecule has 2 N–H and O–H groups in total. The number of ether oxygens (including phenoxy) is 2. The molecule has 0 atom stereocenters. The summed E-state index contributed by atoms with van der Waals surface area (Å²) >= 11 is 0. The average molecular weight is 404 g/mol. The van der Waals surface area contributed by atoms with Gasteiger partial charge in [0.05, 0.1) is 6.61 Å². The Morgan fingerprint density at radius 2 is 1.60 bits per heavy atom. The quantitative estimate of drug-likeness (QED) is 0.567. The Morgan fingerprint density at radius 3 is 2.37 bits per heavy atom. The Kier molecular flexibility index (Phi) is 7.44. The maximum absolute atomic E-state index is 12.6. The molecule has 3 rings (SSSR count). The van der Waals surface area contributed by atoms with Gasteiger partial charge in [-0.1, -0.05) is 48.5 Å². The molecule has 0 fully saturated rings. The third kappa shape index (κ3) is 6.10. The molecule has 0 saturated heterocycles. The van der Waals surface area contributed by atoms with Crippen LogP contribution in [0.1, 0.15) is 28.4 Å². The van der Waals surface area contributed by atoms with E-state index in [1.807, 2.05) is 54.6 Å². The highest BCUT2D eigenvalue weighted by atomic mass is 16.5. The van der Waals surface area contributed by atoms with E-state index in [2.05, 4.69) is 10.6 Å². The first kappa shape index (κ1) is 20.9. The molecular formula is C24H24N2O4. The molecule has 0 aromatic heterocycles. The maximum Gasteiger partial charge on any atom is 0.411 e. The number of benzene rings is 3. The van der Waals surface area contributed by atoms with Gasteiger partial charge in [-0.3, -0.25) is 10.1 Å². The van der Waals surface area contributed by atoms with Crippen LogP contribution in [0.4, 0.5) is 10.5 Å². The topological polar surface area (TPSA) is 76.7 Å². The fourth-order valence-electron chi connectivity index (χ4n) is 2.85. The molecule has 3 aromatic rings. The number of hydrogen-bond donors (Lipinski definition) is 2. The van der Waals surface area contributed by atoms with Crippen molar-refractivity contribution in [3.05, 3.63) is 95.6 Å². The van der Waals surface area contributed by atoms with E-state index in [9.17, 15) is 9.59 Å². The van der Waals surface area contributed by atoms with Crippen LogP contribution in [0.2, 0.25) is 0 Å². The highest BCUT2D eigenvalue weighted by Crippen LogP contribution is 2.15. The van der Waals surface area contributed by atoms with E-state index >= 15 is 0 Å². The lowest BCUT2D eigenvalue weighted by atomic mass is 10.1. The predicted molar refractivity (Wildman–Crippen MR) is 115 cm³/mol. The van der Waals surface area contributed by atoms with E-state index < -0.39 is 6.09 Å². The Balaban J connectivity index is 1.60. The van der Waals surface area contributed by atoms with Crippen LogP contribution in [0.25, 0.3) is 0 Å². The zero-order valence-electron chi connectivity index (χ0n) is 16.8. The summed E-state index contributed by atoms with van der Waals surface area (Å²) in [5.74, 6) is 0.559. The molecule has 0 aliphatic rings. The number of carbonyl (C=O) groups is 2. The molecule has 0 bridgehead atoms. The zero-order valence-corrected chi connectivity index (χ0v) is 16.8. The standard InChI is InChI=1S/C24H24N2O4/c1-2-29-24(28)26-21-12-8-11-18(15-21)23(27)25-16-19-9-6-7-10-20(19)17-30-22-13-4-3-5-14-22/h3-15H,2,16-17H2,1H3,(H,25,27)(H,26,28). The first-order valence-electron chi connectivity index (χ1n) is 9.72. The molecule has 0 saturated carbocycles. The van der Waals surface area contributed by atoms with E-state index in [1.54, 1.807) is 31.2 Å². The van der Waals surface area contributed by atoms with Crippen molar-refractivity contribution in [2.45, 2.75) is 20.1 Å². The fraction of sp³-hybridized carbons (Fsp3) is 0.167. The molecule has 0 aliphatic heterocycles. The summed E-state index contributed by atoms with van der Waals surface area (Å²) < 4.78 is 10.7. The van der Waals surface area contributed by atoms with Crippen LogP contribution in [0.3, 0.4) is 0 Å². The lowest BCUT2D eigenvalue weighted by molar-refractivity contribution is 0.0950. The second kappa shape index (κ2) is 10.7. The number of amides is 2. The molecule has 0 spiro atoms. The third-order valence-corrected chi connectivity index (χ3v) is 4.34. The Bertz CT molecular complexity index is 989. The van der Waals surface area contributed by atoms with Crippen LogP contribution in [-0.2, 0) is 17.9 Å². The molecule has 0 radical (unpaired) electrons. The van der Waals surface area contributed by atoms with E-state index in [1.165, 1.54) is 0 Å². The molecule has 2 amide bonds. The van der Waals surface area contributed by atoms with Crippen molar-refractivity contribution in [3.8, 4) is 5.75 Å². The van der Waals surface area contributed by atoms with Gasteiger partial charge in [-0.25, -0.2) is 4.79 Å². The number of carbonyl (C=O) groups excluding carboxylic acids is 2. The number of anilines is 1. The number of rotatable bonds is 8. The second-order valence-corrected chi connectivity index (χ2v) is 6.48. The number of hydrogen-bond acceptors (Lipinski definition) is 4. The lowest BCUT2D eigenvalue weighted by Crippen LogP contribution is -2.24. The third-order valence-electron chi connectivity index (χ3n) is 4.34. The van der Waals surface area contributed by atoms with Gasteiger partial charge in [0.15, 0.2) is 0 Å². The van der Waals surface area contributed by atoms with Gasteiger partial charge in [-0.15, -0.1) is 0 Å². The molecular weight excluding hydrogens is 380 g/mol. The molecule has 3 aromatic carbocycles. The minimum absolute atomic E-state index is 0.235. The summed E-state index contributed by atoms with van der Waals surface area (Å²) in [6.45, 7) is 2.78. The fourth-order valence-corrected chi connectivity index (χ4v) is 2.85. The van der Waals surface area contributed by atoms with Gasteiger partial charge in [0.2, 0.25) is 0 Å². The van der Waals surface area contributed by atoms with E-state index in [0.29, 0.717) is 24.4 Å². The van der Waals surface area contributed by atoms with Crippen LogP contribution < -0.4 is 15.4 Å².